The largest absolute Gasteiger partial charge is 0.352 e. The van der Waals surface area contributed by atoms with Gasteiger partial charge in [0.2, 0.25) is 11.8 Å². The second-order valence-corrected chi connectivity index (χ2v) is 7.61. The van der Waals surface area contributed by atoms with E-state index in [4.69, 9.17) is 11.6 Å². The van der Waals surface area contributed by atoms with E-state index in [1.807, 2.05) is 45.2 Å². The average Bonchev–Trinajstić information content (AvgIpc) is 2.33. The minimum atomic E-state index is -0.601. The van der Waals surface area contributed by atoms with Gasteiger partial charge >= 0.3 is 0 Å². The highest BCUT2D eigenvalue weighted by Crippen LogP contribution is 2.36. The number of rotatable bonds is 4. The molecule has 0 saturated carbocycles. The van der Waals surface area contributed by atoms with Crippen LogP contribution in [0.3, 0.4) is 0 Å². The van der Waals surface area contributed by atoms with E-state index >= 15 is 0 Å². The SMILES string of the molecule is CC(=O)NCc1c(I)c(NC(C)=O)c(I)c(C(=O)Cl)c1I. The van der Waals surface area contributed by atoms with Crippen LogP contribution in [0.1, 0.15) is 29.8 Å². The van der Waals surface area contributed by atoms with E-state index in [1.165, 1.54) is 13.8 Å². The van der Waals surface area contributed by atoms with Crippen molar-refractivity contribution in [3.8, 4) is 0 Å². The molecule has 0 saturated heterocycles. The first-order chi connectivity index (χ1) is 9.66. The Hall–Kier alpha value is 0.310. The molecule has 21 heavy (non-hydrogen) atoms. The van der Waals surface area contributed by atoms with Crippen molar-refractivity contribution in [3.63, 3.8) is 0 Å². The standard InChI is InChI=1S/C12H10ClI3N2O3/c1-4(19)17-3-6-8(14)7(12(13)21)10(16)11(9(6)15)18-5(2)20/h3H2,1-2H3,(H,17,19)(H,18,20). The maximum Gasteiger partial charge on any atom is 0.254 e. The summed E-state index contributed by atoms with van der Waals surface area (Å²) in [4.78, 5) is 34.1. The molecule has 9 heteroatoms. The van der Waals surface area contributed by atoms with Gasteiger partial charge in [-0.05, 0) is 79.4 Å². The summed E-state index contributed by atoms with van der Waals surface area (Å²) in [6.45, 7) is 3.06. The summed E-state index contributed by atoms with van der Waals surface area (Å²) in [7, 11) is 0. The number of carbonyl (C=O) groups excluding carboxylic acids is 3. The summed E-state index contributed by atoms with van der Waals surface area (Å²) in [5.74, 6) is -0.425. The van der Waals surface area contributed by atoms with E-state index < -0.39 is 5.24 Å². The Bertz CT molecular complexity index is 635. The molecule has 1 rings (SSSR count). The van der Waals surface area contributed by atoms with Crippen LogP contribution >= 0.6 is 79.4 Å². The van der Waals surface area contributed by atoms with Crippen LogP contribution < -0.4 is 10.6 Å². The minimum Gasteiger partial charge on any atom is -0.352 e. The number of amides is 2. The molecule has 0 aromatic heterocycles. The highest BCUT2D eigenvalue weighted by molar-refractivity contribution is 14.1. The lowest BCUT2D eigenvalue weighted by molar-refractivity contribution is -0.119. The van der Waals surface area contributed by atoms with Crippen LogP contribution in [0.2, 0.25) is 0 Å². The first-order valence-electron chi connectivity index (χ1n) is 5.58. The zero-order valence-corrected chi connectivity index (χ0v) is 18.2. The molecule has 0 aliphatic carbocycles. The lowest BCUT2D eigenvalue weighted by Crippen LogP contribution is -2.22. The van der Waals surface area contributed by atoms with E-state index in [0.717, 1.165) is 9.13 Å². The molecule has 0 unspecified atom stereocenters. The van der Waals surface area contributed by atoms with E-state index in [1.54, 1.807) is 0 Å². The van der Waals surface area contributed by atoms with Gasteiger partial charge in [-0.3, -0.25) is 14.4 Å². The normalized spacial score (nSPS) is 10.2. The van der Waals surface area contributed by atoms with Crippen LogP contribution in [0.25, 0.3) is 0 Å². The molecule has 5 nitrogen and oxygen atoms in total. The highest BCUT2D eigenvalue weighted by atomic mass is 127. The molecule has 0 atom stereocenters. The zero-order valence-electron chi connectivity index (χ0n) is 10.9. The number of carbonyl (C=O) groups is 3. The molecule has 0 spiro atoms. The third kappa shape index (κ3) is 4.89. The predicted octanol–water partition coefficient (Wildman–Crippen LogP) is 3.47. The van der Waals surface area contributed by atoms with Gasteiger partial charge in [0, 0.05) is 33.1 Å². The summed E-state index contributed by atoms with van der Waals surface area (Å²) in [5, 5.41) is 4.80. The van der Waals surface area contributed by atoms with Gasteiger partial charge in [-0.25, -0.2) is 0 Å². The van der Waals surface area contributed by atoms with Crippen LogP contribution in [0.5, 0.6) is 0 Å². The van der Waals surface area contributed by atoms with Crippen LogP contribution in [0.15, 0.2) is 0 Å². The van der Waals surface area contributed by atoms with E-state index in [-0.39, 0.29) is 18.4 Å². The van der Waals surface area contributed by atoms with E-state index in [2.05, 4.69) is 33.2 Å². The molecule has 1 aromatic rings. The Morgan fingerprint density at radius 3 is 2.00 bits per heavy atom. The van der Waals surface area contributed by atoms with E-state index in [0.29, 0.717) is 18.4 Å². The van der Waals surface area contributed by atoms with Crippen LogP contribution in [0.4, 0.5) is 5.69 Å². The molecule has 0 bridgehead atoms. The van der Waals surface area contributed by atoms with Crippen molar-refractivity contribution in [1.82, 2.24) is 5.32 Å². The van der Waals surface area contributed by atoms with Gasteiger partial charge in [0.15, 0.2) is 0 Å². The number of nitrogens with one attached hydrogen (secondary N) is 2. The number of hydrogen-bond donors (Lipinski definition) is 2. The Labute approximate surface area is 167 Å². The fraction of sp³-hybridized carbons (Fsp3) is 0.250. The zero-order chi connectivity index (χ0) is 16.3. The van der Waals surface area contributed by atoms with Gasteiger partial charge in [-0.1, -0.05) is 0 Å². The van der Waals surface area contributed by atoms with Gasteiger partial charge in [-0.2, -0.15) is 0 Å². The van der Waals surface area contributed by atoms with Crippen molar-refractivity contribution < 1.29 is 14.4 Å². The molecule has 2 amide bonds. The molecule has 0 aliphatic rings. The molecule has 0 aliphatic heterocycles. The summed E-state index contributed by atoms with van der Waals surface area (Å²) >= 11 is 11.7. The second kappa shape index (κ2) is 8.24. The fourth-order valence-corrected chi connectivity index (χ4v) is 6.36. The Kier molecular flexibility index (Phi) is 7.60. The maximum atomic E-state index is 11.7. The smallest absolute Gasteiger partial charge is 0.254 e. The molecular formula is C12H10ClI3N2O3. The molecule has 1 aromatic carbocycles. The number of halogens is 4. The minimum absolute atomic E-state index is 0.181. The number of anilines is 1. The summed E-state index contributed by atoms with van der Waals surface area (Å²) in [6.07, 6.45) is 0. The van der Waals surface area contributed by atoms with Crippen LogP contribution in [-0.2, 0) is 16.1 Å². The lowest BCUT2D eigenvalue weighted by Gasteiger charge is -2.18. The summed E-state index contributed by atoms with van der Waals surface area (Å²) in [6, 6.07) is 0. The highest BCUT2D eigenvalue weighted by Gasteiger charge is 2.24. The van der Waals surface area contributed by atoms with Gasteiger partial charge < -0.3 is 10.6 Å². The molecule has 0 fully saturated rings. The Morgan fingerprint density at radius 2 is 1.57 bits per heavy atom. The number of benzene rings is 1. The Morgan fingerprint density at radius 1 is 1.00 bits per heavy atom. The van der Waals surface area contributed by atoms with E-state index in [9.17, 15) is 14.4 Å². The first-order valence-corrected chi connectivity index (χ1v) is 9.19. The molecule has 0 heterocycles. The van der Waals surface area contributed by atoms with Crippen LogP contribution in [-0.4, -0.2) is 17.1 Å². The number of hydrogen-bond acceptors (Lipinski definition) is 3. The monoisotopic (exact) mass is 646 g/mol. The fourth-order valence-electron chi connectivity index (χ4n) is 1.54. The summed E-state index contributed by atoms with van der Waals surface area (Å²) in [5.41, 5.74) is 1.62. The van der Waals surface area contributed by atoms with Crippen molar-refractivity contribution in [2.45, 2.75) is 20.4 Å². The topological polar surface area (TPSA) is 75.3 Å². The van der Waals surface area contributed by atoms with Crippen molar-refractivity contribution in [3.05, 3.63) is 21.8 Å². The summed E-state index contributed by atoms with van der Waals surface area (Å²) < 4.78 is 2.03. The molecule has 2 N–H and O–H groups in total. The van der Waals surface area contributed by atoms with Crippen LogP contribution in [0, 0.1) is 10.7 Å². The first kappa shape index (κ1) is 19.4. The molecule has 114 valence electrons. The maximum absolute atomic E-state index is 11.7. The van der Waals surface area contributed by atoms with Crippen molar-refractivity contribution in [2.24, 2.45) is 0 Å². The second-order valence-electron chi connectivity index (χ2n) is 4.04. The molecule has 0 radical (unpaired) electrons. The Balaban J connectivity index is 3.54. The third-order valence-electron chi connectivity index (χ3n) is 2.42. The van der Waals surface area contributed by atoms with Crippen molar-refractivity contribution in [1.29, 1.82) is 0 Å². The lowest BCUT2D eigenvalue weighted by atomic mass is 10.1. The average molecular weight is 646 g/mol. The quantitative estimate of drug-likeness (QED) is 0.389. The van der Waals surface area contributed by atoms with Crippen molar-refractivity contribution in [2.75, 3.05) is 5.32 Å². The van der Waals surface area contributed by atoms with Gasteiger partial charge in [0.25, 0.3) is 5.24 Å². The van der Waals surface area contributed by atoms with Gasteiger partial charge in [0.05, 0.1) is 14.8 Å². The van der Waals surface area contributed by atoms with Gasteiger partial charge in [-0.15, -0.1) is 0 Å². The molecular weight excluding hydrogens is 636 g/mol. The predicted molar refractivity (Wildman–Crippen MR) is 107 cm³/mol. The van der Waals surface area contributed by atoms with Gasteiger partial charge in [0.1, 0.15) is 0 Å². The third-order valence-corrected chi connectivity index (χ3v) is 6.07. The van der Waals surface area contributed by atoms with Crippen molar-refractivity contribution >= 4 is 102 Å².